The van der Waals surface area contributed by atoms with Crippen molar-refractivity contribution in [2.75, 3.05) is 0 Å². The Balaban J connectivity index is 1.91. The molecule has 3 rings (SSSR count). The van der Waals surface area contributed by atoms with Gasteiger partial charge < -0.3 is 16.2 Å². The highest BCUT2D eigenvalue weighted by Crippen LogP contribution is 2.47. The quantitative estimate of drug-likeness (QED) is 0.765. The Kier molecular flexibility index (Phi) is 3.21. The number of halogens is 1. The van der Waals surface area contributed by atoms with E-state index in [1.165, 1.54) is 11.8 Å². The van der Waals surface area contributed by atoms with E-state index in [1.54, 1.807) is 12.1 Å². The number of carbonyl (C=O) groups excluding carboxylic acids is 2. The Bertz CT molecular complexity index is 585. The Hall–Kier alpha value is -1.21. The summed E-state index contributed by atoms with van der Waals surface area (Å²) < 4.78 is 0.561. The number of fused-ring (bicyclic) bond motifs is 1. The van der Waals surface area contributed by atoms with Crippen LogP contribution in [-0.4, -0.2) is 21.8 Å². The van der Waals surface area contributed by atoms with Crippen LogP contribution in [0.1, 0.15) is 18.4 Å². The third kappa shape index (κ3) is 2.29. The zero-order valence-corrected chi connectivity index (χ0v) is 12.9. The van der Waals surface area contributed by atoms with Crippen molar-refractivity contribution in [3.05, 3.63) is 22.2 Å². The van der Waals surface area contributed by atoms with Crippen LogP contribution in [0.3, 0.4) is 0 Å². The van der Waals surface area contributed by atoms with Gasteiger partial charge in [-0.1, -0.05) is 11.8 Å². The van der Waals surface area contributed by atoms with Gasteiger partial charge in [-0.25, -0.2) is 0 Å². The van der Waals surface area contributed by atoms with E-state index in [2.05, 4.69) is 21.2 Å². The molecule has 0 radical (unpaired) electrons. The van der Waals surface area contributed by atoms with Crippen LogP contribution in [0.5, 0.6) is 5.75 Å². The number of benzene rings is 1. The van der Waals surface area contributed by atoms with E-state index in [0.29, 0.717) is 10.9 Å². The summed E-state index contributed by atoms with van der Waals surface area (Å²) >= 11 is 4.45. The number of nitrogens with one attached hydrogen (secondary N) is 1. The average Bonchev–Trinajstić information content (AvgIpc) is 3.14. The molecule has 0 saturated heterocycles. The maximum atomic E-state index is 12.0. The minimum Gasteiger partial charge on any atom is -0.507 e. The molecule has 4 N–H and O–H groups in total. The first-order chi connectivity index (χ1) is 9.41. The number of thioether (sulfide) groups is 1. The van der Waals surface area contributed by atoms with Gasteiger partial charge in [-0.05, 0) is 46.5 Å². The summed E-state index contributed by atoms with van der Waals surface area (Å²) in [7, 11) is 0. The fourth-order valence-electron chi connectivity index (χ4n) is 2.22. The molecule has 20 heavy (non-hydrogen) atoms. The lowest BCUT2D eigenvalue weighted by atomic mass is 10.0. The number of hydrogen-bond donors (Lipinski definition) is 3. The number of nitrogens with two attached hydrogens (primary N) is 1. The third-order valence-electron chi connectivity index (χ3n) is 3.52. The summed E-state index contributed by atoms with van der Waals surface area (Å²) in [4.78, 5) is 23.4. The van der Waals surface area contributed by atoms with Crippen molar-refractivity contribution >= 4 is 39.5 Å². The van der Waals surface area contributed by atoms with Gasteiger partial charge in [0.15, 0.2) is 4.87 Å². The molecule has 1 saturated carbocycles. The smallest absolute Gasteiger partial charge is 0.254 e. The van der Waals surface area contributed by atoms with Crippen molar-refractivity contribution in [1.29, 1.82) is 0 Å². The van der Waals surface area contributed by atoms with Gasteiger partial charge in [-0.15, -0.1) is 0 Å². The van der Waals surface area contributed by atoms with Crippen molar-refractivity contribution in [3.8, 4) is 5.75 Å². The molecule has 2 amide bonds. The molecule has 1 heterocycles. The molecule has 1 fully saturated rings. The second-order valence-corrected chi connectivity index (χ2v) is 7.34. The van der Waals surface area contributed by atoms with Crippen LogP contribution >= 0.6 is 27.7 Å². The minimum atomic E-state index is -1.14. The maximum absolute atomic E-state index is 12.0. The second-order valence-electron chi connectivity index (χ2n) is 5.14. The zero-order chi connectivity index (χ0) is 14.5. The predicted octanol–water partition coefficient (Wildman–Crippen LogP) is 1.51. The Morgan fingerprint density at radius 3 is 2.75 bits per heavy atom. The van der Waals surface area contributed by atoms with E-state index in [0.717, 1.165) is 23.3 Å². The Morgan fingerprint density at radius 1 is 1.45 bits per heavy atom. The molecule has 1 aromatic rings. The molecule has 106 valence electrons. The highest BCUT2D eigenvalue weighted by atomic mass is 79.9. The van der Waals surface area contributed by atoms with E-state index in [1.807, 2.05) is 0 Å². The lowest BCUT2D eigenvalue weighted by molar-refractivity contribution is -0.129. The summed E-state index contributed by atoms with van der Waals surface area (Å²) in [5, 5.41) is 12.5. The maximum Gasteiger partial charge on any atom is 0.254 e. The van der Waals surface area contributed by atoms with Gasteiger partial charge in [0.1, 0.15) is 5.75 Å². The number of carbonyl (C=O) groups is 2. The first-order valence-corrected chi connectivity index (χ1v) is 7.84. The predicted molar refractivity (Wildman–Crippen MR) is 78.2 cm³/mol. The number of aromatic hydroxyl groups is 1. The van der Waals surface area contributed by atoms with Crippen LogP contribution in [0.15, 0.2) is 21.5 Å². The van der Waals surface area contributed by atoms with Crippen molar-refractivity contribution in [2.45, 2.75) is 29.0 Å². The minimum absolute atomic E-state index is 0.00989. The molecule has 0 bridgehead atoms. The first-order valence-electron chi connectivity index (χ1n) is 6.23. The summed E-state index contributed by atoms with van der Waals surface area (Å²) in [5.74, 6) is -0.573. The number of hydrogen-bond acceptors (Lipinski definition) is 4. The van der Waals surface area contributed by atoms with Crippen molar-refractivity contribution in [1.82, 2.24) is 5.32 Å². The van der Waals surface area contributed by atoms with Gasteiger partial charge in [0.25, 0.3) is 5.91 Å². The molecule has 1 aliphatic heterocycles. The van der Waals surface area contributed by atoms with Crippen molar-refractivity contribution < 1.29 is 14.7 Å². The van der Waals surface area contributed by atoms with Crippen LogP contribution in [-0.2, 0) is 16.0 Å². The number of primary amides is 1. The van der Waals surface area contributed by atoms with Gasteiger partial charge in [-0.2, -0.15) is 0 Å². The average molecular weight is 357 g/mol. The summed E-state index contributed by atoms with van der Waals surface area (Å²) in [6, 6.07) is 3.34. The number of amides is 2. The Morgan fingerprint density at radius 2 is 2.15 bits per heavy atom. The summed E-state index contributed by atoms with van der Waals surface area (Å²) in [5.41, 5.74) is 6.39. The highest BCUT2D eigenvalue weighted by molar-refractivity contribution is 9.10. The van der Waals surface area contributed by atoms with E-state index in [-0.39, 0.29) is 17.6 Å². The normalized spacial score (nSPS) is 24.2. The second kappa shape index (κ2) is 4.66. The molecule has 1 aliphatic carbocycles. The van der Waals surface area contributed by atoms with Crippen LogP contribution in [0, 0.1) is 5.92 Å². The van der Waals surface area contributed by atoms with Gasteiger partial charge in [0.05, 0.1) is 4.47 Å². The molecular weight excluding hydrogens is 344 g/mol. The summed E-state index contributed by atoms with van der Waals surface area (Å²) in [6.45, 7) is 0. The molecule has 7 heteroatoms. The molecule has 0 aromatic heterocycles. The molecule has 2 aliphatic rings. The van der Waals surface area contributed by atoms with Crippen LogP contribution in [0.2, 0.25) is 0 Å². The fourth-order valence-corrected chi connectivity index (χ4v) is 3.90. The van der Waals surface area contributed by atoms with Gasteiger partial charge in [0.2, 0.25) is 5.91 Å². The van der Waals surface area contributed by atoms with E-state index >= 15 is 0 Å². The third-order valence-corrected chi connectivity index (χ3v) is 5.56. The van der Waals surface area contributed by atoms with Crippen LogP contribution in [0.4, 0.5) is 0 Å². The number of rotatable bonds is 3. The topological polar surface area (TPSA) is 92.4 Å². The SMILES string of the molecule is NC(=O)C1(NC(=O)C2CC2)Cc2cc(Br)c(O)cc2S1. The monoisotopic (exact) mass is 356 g/mol. The molecule has 0 spiro atoms. The number of phenolic OH excluding ortho intramolecular Hbond substituents is 1. The molecule has 1 aromatic carbocycles. The lowest BCUT2D eigenvalue weighted by Crippen LogP contribution is -2.55. The largest absolute Gasteiger partial charge is 0.507 e. The van der Waals surface area contributed by atoms with Gasteiger partial charge in [0, 0.05) is 17.2 Å². The van der Waals surface area contributed by atoms with Crippen LogP contribution < -0.4 is 11.1 Å². The Labute approximate surface area is 128 Å². The zero-order valence-electron chi connectivity index (χ0n) is 10.5. The number of phenols is 1. The lowest BCUT2D eigenvalue weighted by Gasteiger charge is -2.25. The van der Waals surface area contributed by atoms with Gasteiger partial charge >= 0.3 is 0 Å². The molecule has 1 unspecified atom stereocenters. The summed E-state index contributed by atoms with van der Waals surface area (Å²) in [6.07, 6.45) is 2.06. The standard InChI is InChI=1S/C13H13BrN2O3S/c14-8-3-7-5-13(12(15)19,16-11(18)6-1-2-6)20-10(7)4-9(8)17/h3-4,6,17H,1-2,5H2,(H2,15,19)(H,16,18). The van der Waals surface area contributed by atoms with E-state index in [9.17, 15) is 14.7 Å². The van der Waals surface area contributed by atoms with E-state index < -0.39 is 10.8 Å². The highest BCUT2D eigenvalue weighted by Gasteiger charge is 2.47. The molecule has 5 nitrogen and oxygen atoms in total. The van der Waals surface area contributed by atoms with E-state index in [4.69, 9.17) is 5.73 Å². The first kappa shape index (κ1) is 13.8. The molecular formula is C13H13BrN2O3S. The van der Waals surface area contributed by atoms with Crippen molar-refractivity contribution in [2.24, 2.45) is 11.7 Å². The molecule has 1 atom stereocenters. The van der Waals surface area contributed by atoms with Crippen LogP contribution in [0.25, 0.3) is 0 Å². The van der Waals surface area contributed by atoms with Gasteiger partial charge in [-0.3, -0.25) is 9.59 Å². The van der Waals surface area contributed by atoms with Crippen molar-refractivity contribution in [3.63, 3.8) is 0 Å². The fraction of sp³-hybridized carbons (Fsp3) is 0.385.